The molecule has 4 rings (SSSR count). The fraction of sp³-hybridized carbons (Fsp3) is 0.115. The molecule has 0 saturated heterocycles. The molecule has 1 heterocycles. The summed E-state index contributed by atoms with van der Waals surface area (Å²) in [5, 5.41) is 12.6. The Morgan fingerprint density at radius 3 is 2.42 bits per heavy atom. The van der Waals surface area contributed by atoms with Gasteiger partial charge in [0.15, 0.2) is 0 Å². The van der Waals surface area contributed by atoms with E-state index in [0.29, 0.717) is 23.7 Å². The van der Waals surface area contributed by atoms with Gasteiger partial charge in [-0.05, 0) is 47.5 Å². The molecule has 0 unspecified atom stereocenters. The van der Waals surface area contributed by atoms with Crippen molar-refractivity contribution in [2.75, 3.05) is 5.32 Å². The monoisotopic (exact) mass is 443 g/mol. The van der Waals surface area contributed by atoms with Gasteiger partial charge in [-0.1, -0.05) is 42.5 Å². The Hall–Kier alpha value is -4.26. The molecule has 4 aromatic rings. The molecule has 0 spiro atoms. The molecular weight excluding hydrogens is 421 g/mol. The maximum Gasteiger partial charge on any atom is 0.326 e. The lowest BCUT2D eigenvalue weighted by molar-refractivity contribution is -0.137. The van der Waals surface area contributed by atoms with Gasteiger partial charge in [-0.15, -0.1) is 0 Å². The molecule has 2 N–H and O–H groups in total. The third-order valence-electron chi connectivity index (χ3n) is 5.01. The van der Waals surface area contributed by atoms with E-state index in [-0.39, 0.29) is 12.4 Å². The zero-order chi connectivity index (χ0) is 23.0. The molecule has 0 aliphatic carbocycles. The molecule has 0 saturated carbocycles. The van der Waals surface area contributed by atoms with E-state index in [1.54, 1.807) is 30.3 Å². The molecule has 0 fully saturated rings. The van der Waals surface area contributed by atoms with Crippen molar-refractivity contribution >= 4 is 11.8 Å². The van der Waals surface area contributed by atoms with Crippen LogP contribution in [-0.2, 0) is 17.8 Å². The van der Waals surface area contributed by atoms with E-state index in [1.807, 2.05) is 42.5 Å². The predicted octanol–water partition coefficient (Wildman–Crippen LogP) is 4.97. The van der Waals surface area contributed by atoms with Crippen molar-refractivity contribution in [1.29, 1.82) is 0 Å². The lowest BCUT2D eigenvalue weighted by Crippen LogP contribution is -2.31. The number of halogens is 1. The van der Waals surface area contributed by atoms with Gasteiger partial charge in [0.1, 0.15) is 36.4 Å². The summed E-state index contributed by atoms with van der Waals surface area (Å²) in [4.78, 5) is 20.2. The van der Waals surface area contributed by atoms with Gasteiger partial charge in [0.25, 0.3) is 0 Å². The minimum absolute atomic E-state index is 0.261. The van der Waals surface area contributed by atoms with Crippen molar-refractivity contribution in [3.8, 4) is 17.0 Å². The average Bonchev–Trinajstić information content (AvgIpc) is 2.83. The molecule has 1 atom stereocenters. The number of ether oxygens (including phenoxy) is 1. The standard InChI is InChI=1S/C26H22FN3O3/c27-21-8-4-7-19(13-21)16-33-22-11-9-20(10-12-22)23-15-25(29-17-28-23)30-24(26(31)32)14-18-5-2-1-3-6-18/h1-13,15,17,24H,14,16H2,(H,31,32)(H,28,29,30)/t24-/m0/s1. The SMILES string of the molecule is O=C(O)[C@H](Cc1ccccc1)Nc1cc(-c2ccc(OCc3cccc(F)c3)cc2)ncn1. The molecule has 166 valence electrons. The van der Waals surface area contributed by atoms with Crippen LogP contribution in [0.25, 0.3) is 11.3 Å². The summed E-state index contributed by atoms with van der Waals surface area (Å²) in [7, 11) is 0. The van der Waals surface area contributed by atoms with Crippen molar-refractivity contribution in [3.05, 3.63) is 108 Å². The Bertz CT molecular complexity index is 1220. The second-order valence-electron chi connectivity index (χ2n) is 7.46. The van der Waals surface area contributed by atoms with E-state index < -0.39 is 12.0 Å². The molecule has 6 nitrogen and oxygen atoms in total. The maximum atomic E-state index is 13.3. The lowest BCUT2D eigenvalue weighted by atomic mass is 10.1. The molecule has 1 aromatic heterocycles. The van der Waals surface area contributed by atoms with E-state index >= 15 is 0 Å². The number of aromatic nitrogens is 2. The third kappa shape index (κ3) is 6.13. The number of benzene rings is 3. The van der Waals surface area contributed by atoms with Crippen molar-refractivity contribution in [2.45, 2.75) is 19.1 Å². The Balaban J connectivity index is 1.42. The molecular formula is C26H22FN3O3. The van der Waals surface area contributed by atoms with Crippen molar-refractivity contribution in [3.63, 3.8) is 0 Å². The molecule has 0 radical (unpaired) electrons. The molecule has 33 heavy (non-hydrogen) atoms. The van der Waals surface area contributed by atoms with Gasteiger partial charge in [0.05, 0.1) is 5.69 Å². The van der Waals surface area contributed by atoms with Gasteiger partial charge in [-0.2, -0.15) is 0 Å². The summed E-state index contributed by atoms with van der Waals surface area (Å²) in [5.74, 6) is -0.189. The van der Waals surface area contributed by atoms with Crippen LogP contribution < -0.4 is 10.1 Å². The Kier molecular flexibility index (Phi) is 6.90. The molecule has 0 amide bonds. The van der Waals surface area contributed by atoms with Crippen molar-refractivity contribution < 1.29 is 19.0 Å². The topological polar surface area (TPSA) is 84.3 Å². The van der Waals surface area contributed by atoms with E-state index in [4.69, 9.17) is 4.74 Å². The first-order valence-corrected chi connectivity index (χ1v) is 10.4. The zero-order valence-electron chi connectivity index (χ0n) is 17.7. The fourth-order valence-electron chi connectivity index (χ4n) is 3.34. The number of carbonyl (C=O) groups is 1. The van der Waals surface area contributed by atoms with Gasteiger partial charge < -0.3 is 15.2 Å². The minimum Gasteiger partial charge on any atom is -0.489 e. The highest BCUT2D eigenvalue weighted by Gasteiger charge is 2.18. The highest BCUT2D eigenvalue weighted by atomic mass is 19.1. The van der Waals surface area contributed by atoms with Crippen molar-refractivity contribution in [2.24, 2.45) is 0 Å². The van der Waals surface area contributed by atoms with Crippen LogP contribution in [-0.4, -0.2) is 27.1 Å². The summed E-state index contributed by atoms with van der Waals surface area (Å²) in [6, 6.07) is 23.9. The van der Waals surface area contributed by atoms with Gasteiger partial charge in [-0.25, -0.2) is 19.2 Å². The van der Waals surface area contributed by atoms with Crippen LogP contribution in [0, 0.1) is 5.82 Å². The Morgan fingerprint density at radius 2 is 1.70 bits per heavy atom. The highest BCUT2D eigenvalue weighted by Crippen LogP contribution is 2.23. The first-order chi connectivity index (χ1) is 16.1. The van der Waals surface area contributed by atoms with E-state index in [2.05, 4.69) is 15.3 Å². The number of nitrogens with one attached hydrogen (secondary N) is 1. The van der Waals surface area contributed by atoms with E-state index in [1.165, 1.54) is 18.5 Å². The number of hydrogen-bond acceptors (Lipinski definition) is 5. The third-order valence-corrected chi connectivity index (χ3v) is 5.01. The first-order valence-electron chi connectivity index (χ1n) is 10.4. The normalized spacial score (nSPS) is 11.5. The number of hydrogen-bond donors (Lipinski definition) is 2. The Morgan fingerprint density at radius 1 is 0.939 bits per heavy atom. The van der Waals surface area contributed by atoms with Crippen LogP contribution in [0.1, 0.15) is 11.1 Å². The predicted molar refractivity (Wildman–Crippen MR) is 123 cm³/mol. The van der Waals surface area contributed by atoms with Crippen LogP contribution in [0.3, 0.4) is 0 Å². The average molecular weight is 443 g/mol. The van der Waals surface area contributed by atoms with Gasteiger partial charge in [0.2, 0.25) is 0 Å². The van der Waals surface area contributed by atoms with Crippen molar-refractivity contribution in [1.82, 2.24) is 9.97 Å². The minimum atomic E-state index is -0.959. The largest absolute Gasteiger partial charge is 0.489 e. The number of aliphatic carboxylic acids is 1. The van der Waals surface area contributed by atoms with Crippen LogP contribution in [0.15, 0.2) is 91.3 Å². The summed E-state index contributed by atoms with van der Waals surface area (Å²) in [6.07, 6.45) is 1.72. The van der Waals surface area contributed by atoms with Gasteiger partial charge in [-0.3, -0.25) is 0 Å². The fourth-order valence-corrected chi connectivity index (χ4v) is 3.34. The molecule has 0 aliphatic rings. The summed E-state index contributed by atoms with van der Waals surface area (Å²) in [6.45, 7) is 0.261. The molecule has 7 heteroatoms. The first kappa shape index (κ1) is 22.0. The van der Waals surface area contributed by atoms with Gasteiger partial charge >= 0.3 is 5.97 Å². The molecule has 3 aromatic carbocycles. The number of carboxylic acids is 1. The van der Waals surface area contributed by atoms with E-state index in [9.17, 15) is 14.3 Å². The number of nitrogens with zero attached hydrogens (tertiary/aromatic N) is 2. The Labute approximate surface area is 190 Å². The van der Waals surface area contributed by atoms with Crippen LogP contribution in [0.5, 0.6) is 5.75 Å². The van der Waals surface area contributed by atoms with Crippen LogP contribution >= 0.6 is 0 Å². The summed E-state index contributed by atoms with van der Waals surface area (Å²) in [5.41, 5.74) is 3.14. The second kappa shape index (κ2) is 10.4. The number of carboxylic acid groups (broad SMARTS) is 1. The van der Waals surface area contributed by atoms with Crippen LogP contribution in [0.4, 0.5) is 10.2 Å². The van der Waals surface area contributed by atoms with Crippen LogP contribution in [0.2, 0.25) is 0 Å². The summed E-state index contributed by atoms with van der Waals surface area (Å²) < 4.78 is 19.0. The smallest absolute Gasteiger partial charge is 0.326 e. The molecule has 0 bridgehead atoms. The number of anilines is 1. The zero-order valence-corrected chi connectivity index (χ0v) is 17.7. The maximum absolute atomic E-state index is 13.3. The second-order valence-corrected chi connectivity index (χ2v) is 7.46. The van der Waals surface area contributed by atoms with E-state index in [0.717, 1.165) is 16.7 Å². The quantitative estimate of drug-likeness (QED) is 0.380. The highest BCUT2D eigenvalue weighted by molar-refractivity contribution is 5.77. The summed E-state index contributed by atoms with van der Waals surface area (Å²) >= 11 is 0. The number of rotatable bonds is 9. The van der Waals surface area contributed by atoms with Gasteiger partial charge in [0, 0.05) is 18.1 Å². The lowest BCUT2D eigenvalue weighted by Gasteiger charge is -2.15. The molecule has 0 aliphatic heterocycles.